The van der Waals surface area contributed by atoms with Gasteiger partial charge in [0.15, 0.2) is 5.65 Å². The fourth-order valence-electron chi connectivity index (χ4n) is 1.80. The Labute approximate surface area is 122 Å². The number of halogens is 1. The zero-order valence-corrected chi connectivity index (χ0v) is 11.4. The lowest BCUT2D eigenvalue weighted by atomic mass is 10.1. The van der Waals surface area contributed by atoms with Crippen molar-refractivity contribution in [3.63, 3.8) is 0 Å². The summed E-state index contributed by atoms with van der Waals surface area (Å²) in [5, 5.41) is 9.47. The summed E-state index contributed by atoms with van der Waals surface area (Å²) in [6.45, 7) is 0. The van der Waals surface area contributed by atoms with Gasteiger partial charge in [0.1, 0.15) is 22.7 Å². The molecule has 0 saturated carbocycles. The third-order valence-electron chi connectivity index (χ3n) is 2.85. The number of H-pyrrole nitrogens is 1. The van der Waals surface area contributed by atoms with Gasteiger partial charge in [-0.2, -0.15) is 0 Å². The molecule has 2 aromatic heterocycles. The molecule has 3 rings (SSSR count). The van der Waals surface area contributed by atoms with Crippen LogP contribution in [-0.4, -0.2) is 31.0 Å². The molecule has 2 heterocycles. The molecule has 0 radical (unpaired) electrons. The molecule has 0 bridgehead atoms. The smallest absolute Gasteiger partial charge is 0.335 e. The van der Waals surface area contributed by atoms with Gasteiger partial charge in [-0.05, 0) is 17.7 Å². The van der Waals surface area contributed by atoms with Crippen LogP contribution in [0.15, 0.2) is 35.9 Å². The van der Waals surface area contributed by atoms with E-state index in [9.17, 15) is 9.18 Å². The van der Waals surface area contributed by atoms with E-state index in [1.54, 1.807) is 0 Å². The van der Waals surface area contributed by atoms with Crippen molar-refractivity contribution in [1.29, 1.82) is 0 Å². The van der Waals surface area contributed by atoms with Crippen LogP contribution in [0.2, 0.25) is 0 Å². The Morgan fingerprint density at radius 3 is 2.95 bits per heavy atom. The zero-order chi connectivity index (χ0) is 14.8. The summed E-state index contributed by atoms with van der Waals surface area (Å²) in [6, 6.07) is 3.87. The molecular formula is C13H9FN4O2S. The summed E-state index contributed by atoms with van der Waals surface area (Å²) in [6.07, 6.45) is 2.92. The minimum Gasteiger partial charge on any atom is -0.478 e. The van der Waals surface area contributed by atoms with Crippen LogP contribution in [0.4, 0.5) is 4.39 Å². The van der Waals surface area contributed by atoms with Gasteiger partial charge in [-0.25, -0.2) is 24.1 Å². The number of carboxylic acids is 1. The summed E-state index contributed by atoms with van der Waals surface area (Å²) in [7, 11) is 0. The average molecular weight is 304 g/mol. The first-order valence-electron chi connectivity index (χ1n) is 5.94. The SMILES string of the molecule is O=C(O)c1ccc(CSc2ncnc3nc[nH]c23)c(F)c1. The van der Waals surface area contributed by atoms with E-state index >= 15 is 0 Å². The molecular weight excluding hydrogens is 295 g/mol. The number of aromatic carboxylic acids is 1. The van der Waals surface area contributed by atoms with Crippen LogP contribution < -0.4 is 0 Å². The van der Waals surface area contributed by atoms with Gasteiger partial charge in [-0.3, -0.25) is 0 Å². The maximum atomic E-state index is 13.8. The Hall–Kier alpha value is -2.48. The second-order valence-electron chi connectivity index (χ2n) is 4.18. The van der Waals surface area contributed by atoms with Crippen molar-refractivity contribution < 1.29 is 14.3 Å². The Balaban J connectivity index is 1.82. The summed E-state index contributed by atoms with van der Waals surface area (Å²) < 4.78 is 13.8. The van der Waals surface area contributed by atoms with Crippen LogP contribution >= 0.6 is 11.8 Å². The van der Waals surface area contributed by atoms with Crippen LogP contribution in [0.3, 0.4) is 0 Å². The van der Waals surface area contributed by atoms with Gasteiger partial charge in [0, 0.05) is 5.75 Å². The molecule has 0 amide bonds. The van der Waals surface area contributed by atoms with E-state index in [-0.39, 0.29) is 5.56 Å². The van der Waals surface area contributed by atoms with Gasteiger partial charge < -0.3 is 10.1 Å². The molecule has 0 unspecified atom stereocenters. The van der Waals surface area contributed by atoms with E-state index in [1.807, 2.05) is 0 Å². The Bertz CT molecular complexity index is 821. The van der Waals surface area contributed by atoms with E-state index < -0.39 is 11.8 Å². The second kappa shape index (κ2) is 5.49. The molecule has 0 aliphatic heterocycles. The minimum absolute atomic E-state index is 0.0701. The van der Waals surface area contributed by atoms with Gasteiger partial charge in [0.05, 0.1) is 11.9 Å². The van der Waals surface area contributed by atoms with Crippen molar-refractivity contribution in [2.75, 3.05) is 0 Å². The van der Waals surface area contributed by atoms with Crippen molar-refractivity contribution in [2.45, 2.75) is 10.8 Å². The van der Waals surface area contributed by atoms with Crippen LogP contribution in [0.25, 0.3) is 11.2 Å². The lowest BCUT2D eigenvalue weighted by molar-refractivity contribution is 0.0696. The highest BCUT2D eigenvalue weighted by Crippen LogP contribution is 2.26. The number of hydrogen-bond acceptors (Lipinski definition) is 5. The topological polar surface area (TPSA) is 91.8 Å². The van der Waals surface area contributed by atoms with Crippen molar-refractivity contribution in [3.05, 3.63) is 47.8 Å². The molecule has 0 fully saturated rings. The lowest BCUT2D eigenvalue weighted by Crippen LogP contribution is -1.99. The number of imidazole rings is 1. The van der Waals surface area contributed by atoms with Gasteiger partial charge in [0.2, 0.25) is 0 Å². The van der Waals surface area contributed by atoms with Crippen molar-refractivity contribution in [2.24, 2.45) is 0 Å². The van der Waals surface area contributed by atoms with Crippen LogP contribution in [0.1, 0.15) is 15.9 Å². The van der Waals surface area contributed by atoms with Crippen LogP contribution in [-0.2, 0) is 5.75 Å². The molecule has 8 heteroatoms. The second-order valence-corrected chi connectivity index (χ2v) is 5.14. The molecule has 106 valence electrons. The molecule has 0 aliphatic carbocycles. The number of fused-ring (bicyclic) bond motifs is 1. The van der Waals surface area contributed by atoms with Crippen molar-refractivity contribution in [1.82, 2.24) is 19.9 Å². The number of hydrogen-bond donors (Lipinski definition) is 2. The predicted molar refractivity (Wildman–Crippen MR) is 74.6 cm³/mol. The first kappa shape index (κ1) is 13.5. The molecule has 0 spiro atoms. The fraction of sp³-hybridized carbons (Fsp3) is 0.0769. The van der Waals surface area contributed by atoms with E-state index in [1.165, 1.54) is 36.5 Å². The highest BCUT2D eigenvalue weighted by Gasteiger charge is 2.11. The summed E-state index contributed by atoms with van der Waals surface area (Å²) >= 11 is 1.33. The number of thioether (sulfide) groups is 1. The molecule has 0 atom stereocenters. The van der Waals surface area contributed by atoms with E-state index in [4.69, 9.17) is 5.11 Å². The molecule has 3 aromatic rings. The maximum Gasteiger partial charge on any atom is 0.335 e. The Kier molecular flexibility index (Phi) is 3.53. The number of aromatic amines is 1. The first-order chi connectivity index (χ1) is 10.1. The van der Waals surface area contributed by atoms with Crippen LogP contribution in [0, 0.1) is 5.82 Å². The number of rotatable bonds is 4. The van der Waals surface area contributed by atoms with Crippen molar-refractivity contribution >= 4 is 28.9 Å². The minimum atomic E-state index is -1.15. The Morgan fingerprint density at radius 2 is 2.19 bits per heavy atom. The Morgan fingerprint density at radius 1 is 1.33 bits per heavy atom. The highest BCUT2D eigenvalue weighted by molar-refractivity contribution is 7.98. The van der Waals surface area contributed by atoms with Crippen LogP contribution in [0.5, 0.6) is 0 Å². The molecule has 2 N–H and O–H groups in total. The molecule has 0 saturated heterocycles. The lowest BCUT2D eigenvalue weighted by Gasteiger charge is -2.04. The number of nitrogens with zero attached hydrogens (tertiary/aromatic N) is 3. The van der Waals surface area contributed by atoms with Gasteiger partial charge >= 0.3 is 5.97 Å². The molecule has 6 nitrogen and oxygen atoms in total. The van der Waals surface area contributed by atoms with Crippen molar-refractivity contribution in [3.8, 4) is 0 Å². The monoisotopic (exact) mass is 304 g/mol. The summed E-state index contributed by atoms with van der Waals surface area (Å²) in [4.78, 5) is 25.9. The number of carboxylic acid groups (broad SMARTS) is 1. The van der Waals surface area contributed by atoms with E-state index in [2.05, 4.69) is 19.9 Å². The summed E-state index contributed by atoms with van der Waals surface area (Å²) in [5.74, 6) is -1.36. The third-order valence-corrected chi connectivity index (χ3v) is 3.89. The largest absolute Gasteiger partial charge is 0.478 e. The van der Waals surface area contributed by atoms with Gasteiger partial charge in [-0.1, -0.05) is 17.8 Å². The summed E-state index contributed by atoms with van der Waals surface area (Å²) in [5.41, 5.74) is 1.59. The number of nitrogens with one attached hydrogen (secondary N) is 1. The normalized spacial score (nSPS) is 10.9. The van der Waals surface area contributed by atoms with Gasteiger partial charge in [-0.15, -0.1) is 0 Å². The fourth-order valence-corrected chi connectivity index (χ4v) is 2.74. The van der Waals surface area contributed by atoms with E-state index in [0.717, 1.165) is 6.07 Å². The quantitative estimate of drug-likeness (QED) is 0.568. The molecule has 0 aliphatic rings. The average Bonchev–Trinajstić information content (AvgIpc) is 2.94. The highest BCUT2D eigenvalue weighted by atomic mass is 32.2. The number of carbonyl (C=O) groups is 1. The van der Waals surface area contributed by atoms with Gasteiger partial charge in [0.25, 0.3) is 0 Å². The zero-order valence-electron chi connectivity index (χ0n) is 10.6. The number of aromatic nitrogens is 4. The maximum absolute atomic E-state index is 13.8. The standard InChI is InChI=1S/C13H9FN4O2S/c14-9-3-7(13(19)20)1-2-8(9)4-21-12-10-11(16-5-15-10)17-6-18-12/h1-3,5-6H,4H2,(H,19,20)(H,15,16,17,18). The van der Waals surface area contributed by atoms with E-state index in [0.29, 0.717) is 27.5 Å². The first-order valence-corrected chi connectivity index (χ1v) is 6.92. The predicted octanol–water partition coefficient (Wildman–Crippen LogP) is 2.48. The number of benzene rings is 1. The molecule has 1 aromatic carbocycles. The third kappa shape index (κ3) is 2.70. The molecule has 21 heavy (non-hydrogen) atoms.